The first-order valence-electron chi connectivity index (χ1n) is 7.69. The molecule has 4 heteroatoms. The van der Waals surface area contributed by atoms with Gasteiger partial charge < -0.3 is 15.4 Å². The van der Waals surface area contributed by atoms with Gasteiger partial charge in [0.05, 0.1) is 12.7 Å². The fraction of sp³-hybridized carbons (Fsp3) is 0.933. The van der Waals surface area contributed by atoms with Crippen LogP contribution in [-0.4, -0.2) is 38.3 Å². The molecule has 1 aliphatic carbocycles. The summed E-state index contributed by atoms with van der Waals surface area (Å²) >= 11 is 0. The predicted molar refractivity (Wildman–Crippen MR) is 76.0 cm³/mol. The normalized spacial score (nSPS) is 27.4. The molecule has 0 aromatic carbocycles. The molecule has 19 heavy (non-hydrogen) atoms. The lowest BCUT2D eigenvalue weighted by atomic mass is 9.81. The molecule has 1 amide bonds. The van der Waals surface area contributed by atoms with Crippen LogP contribution in [0, 0.1) is 11.3 Å². The van der Waals surface area contributed by atoms with Gasteiger partial charge in [-0.05, 0) is 44.2 Å². The predicted octanol–water partition coefficient (Wildman–Crippen LogP) is 1.70. The molecular weight excluding hydrogens is 240 g/mol. The summed E-state index contributed by atoms with van der Waals surface area (Å²) in [6.07, 6.45) is 5.93. The number of carbonyl (C=O) groups excluding carboxylic acids is 1. The highest BCUT2D eigenvalue weighted by atomic mass is 16.5. The fourth-order valence-electron chi connectivity index (χ4n) is 3.30. The fourth-order valence-corrected chi connectivity index (χ4v) is 3.30. The summed E-state index contributed by atoms with van der Waals surface area (Å²) in [6.45, 7) is 7.80. The van der Waals surface area contributed by atoms with Crippen molar-refractivity contribution in [2.75, 3.05) is 26.2 Å². The van der Waals surface area contributed by atoms with Crippen LogP contribution in [0.5, 0.6) is 0 Å². The summed E-state index contributed by atoms with van der Waals surface area (Å²) in [5, 5.41) is 6.36. The molecule has 0 radical (unpaired) electrons. The van der Waals surface area contributed by atoms with Gasteiger partial charge in [-0.25, -0.2) is 0 Å². The largest absolute Gasteiger partial charge is 0.376 e. The second-order valence-electron chi connectivity index (χ2n) is 6.54. The van der Waals surface area contributed by atoms with Crippen molar-refractivity contribution >= 4 is 5.91 Å². The number of nitrogens with one attached hydrogen (secondary N) is 2. The zero-order chi connectivity index (χ0) is 13.7. The van der Waals surface area contributed by atoms with E-state index in [1.165, 1.54) is 6.42 Å². The Morgan fingerprint density at radius 3 is 2.68 bits per heavy atom. The van der Waals surface area contributed by atoms with Gasteiger partial charge in [0, 0.05) is 12.5 Å². The Kier molecular flexibility index (Phi) is 5.22. The third kappa shape index (κ3) is 4.18. The van der Waals surface area contributed by atoms with E-state index in [2.05, 4.69) is 24.5 Å². The van der Waals surface area contributed by atoms with Crippen molar-refractivity contribution in [2.24, 2.45) is 11.3 Å². The van der Waals surface area contributed by atoms with E-state index in [4.69, 9.17) is 4.74 Å². The van der Waals surface area contributed by atoms with E-state index in [9.17, 15) is 4.79 Å². The minimum absolute atomic E-state index is 0.167. The minimum atomic E-state index is 0.167. The van der Waals surface area contributed by atoms with Gasteiger partial charge >= 0.3 is 0 Å². The number of carbonyl (C=O) groups is 1. The third-order valence-electron chi connectivity index (χ3n) is 4.61. The first-order chi connectivity index (χ1) is 9.09. The maximum atomic E-state index is 12.1. The third-order valence-corrected chi connectivity index (χ3v) is 4.61. The average Bonchev–Trinajstić information content (AvgIpc) is 2.75. The number of piperidine rings is 1. The van der Waals surface area contributed by atoms with E-state index in [1.807, 2.05) is 0 Å². The van der Waals surface area contributed by atoms with E-state index in [0.29, 0.717) is 19.3 Å². The van der Waals surface area contributed by atoms with Crippen LogP contribution in [0.25, 0.3) is 0 Å². The zero-order valence-corrected chi connectivity index (χ0v) is 12.3. The SMILES string of the molecule is CC1(C)CCCC1C(=O)NCCOC1CCNCC1. The monoisotopic (exact) mass is 268 g/mol. The molecule has 4 nitrogen and oxygen atoms in total. The number of hydrogen-bond donors (Lipinski definition) is 2. The molecule has 2 aliphatic rings. The molecule has 110 valence electrons. The van der Waals surface area contributed by atoms with Crippen molar-refractivity contribution in [1.29, 1.82) is 0 Å². The van der Waals surface area contributed by atoms with E-state index >= 15 is 0 Å². The summed E-state index contributed by atoms with van der Waals surface area (Å²) in [6, 6.07) is 0. The summed E-state index contributed by atoms with van der Waals surface area (Å²) in [5.41, 5.74) is 0.167. The second kappa shape index (κ2) is 6.71. The van der Waals surface area contributed by atoms with Crippen molar-refractivity contribution in [3.8, 4) is 0 Å². The topological polar surface area (TPSA) is 50.4 Å². The maximum Gasteiger partial charge on any atom is 0.223 e. The lowest BCUT2D eigenvalue weighted by Gasteiger charge is -2.26. The smallest absolute Gasteiger partial charge is 0.223 e. The van der Waals surface area contributed by atoms with E-state index in [0.717, 1.165) is 38.8 Å². The molecular formula is C15H28N2O2. The van der Waals surface area contributed by atoms with Crippen LogP contribution in [0.15, 0.2) is 0 Å². The van der Waals surface area contributed by atoms with Crippen LogP contribution in [-0.2, 0) is 9.53 Å². The standard InChI is InChI=1S/C15H28N2O2/c1-15(2)7-3-4-13(15)14(18)17-10-11-19-12-5-8-16-9-6-12/h12-13,16H,3-11H2,1-2H3,(H,17,18). The van der Waals surface area contributed by atoms with Gasteiger partial charge in [0.1, 0.15) is 0 Å². The molecule has 0 aromatic heterocycles. The Hall–Kier alpha value is -0.610. The van der Waals surface area contributed by atoms with E-state index < -0.39 is 0 Å². The van der Waals surface area contributed by atoms with Gasteiger partial charge in [0.25, 0.3) is 0 Å². The Bertz CT molecular complexity index is 299. The van der Waals surface area contributed by atoms with Gasteiger partial charge in [-0.1, -0.05) is 20.3 Å². The first kappa shape index (κ1) is 14.8. The quantitative estimate of drug-likeness (QED) is 0.746. The summed E-state index contributed by atoms with van der Waals surface area (Å²) in [7, 11) is 0. The average molecular weight is 268 g/mol. The maximum absolute atomic E-state index is 12.1. The van der Waals surface area contributed by atoms with Gasteiger partial charge in [0.2, 0.25) is 5.91 Å². The lowest BCUT2D eigenvalue weighted by Crippen LogP contribution is -2.39. The van der Waals surface area contributed by atoms with Crippen LogP contribution < -0.4 is 10.6 Å². The molecule has 0 bridgehead atoms. The van der Waals surface area contributed by atoms with Crippen molar-refractivity contribution in [1.82, 2.24) is 10.6 Å². The Morgan fingerprint density at radius 2 is 2.05 bits per heavy atom. The minimum Gasteiger partial charge on any atom is -0.376 e. The van der Waals surface area contributed by atoms with Crippen LogP contribution in [0.3, 0.4) is 0 Å². The number of hydrogen-bond acceptors (Lipinski definition) is 3. The molecule has 1 saturated heterocycles. The highest BCUT2D eigenvalue weighted by Gasteiger charge is 2.38. The van der Waals surface area contributed by atoms with Crippen LogP contribution in [0.2, 0.25) is 0 Å². The van der Waals surface area contributed by atoms with Crippen LogP contribution >= 0.6 is 0 Å². The molecule has 1 atom stereocenters. The van der Waals surface area contributed by atoms with Gasteiger partial charge in [-0.2, -0.15) is 0 Å². The van der Waals surface area contributed by atoms with Crippen LogP contribution in [0.1, 0.15) is 46.0 Å². The zero-order valence-electron chi connectivity index (χ0n) is 12.3. The Morgan fingerprint density at radius 1 is 1.32 bits per heavy atom. The highest BCUT2D eigenvalue weighted by Crippen LogP contribution is 2.42. The van der Waals surface area contributed by atoms with Crippen molar-refractivity contribution in [3.63, 3.8) is 0 Å². The molecule has 2 fully saturated rings. The second-order valence-corrected chi connectivity index (χ2v) is 6.54. The highest BCUT2D eigenvalue weighted by molar-refractivity contribution is 5.79. The van der Waals surface area contributed by atoms with E-state index in [-0.39, 0.29) is 17.2 Å². The molecule has 0 spiro atoms. The Labute approximate surface area is 116 Å². The van der Waals surface area contributed by atoms with Crippen LogP contribution in [0.4, 0.5) is 0 Å². The van der Waals surface area contributed by atoms with Gasteiger partial charge in [0.15, 0.2) is 0 Å². The molecule has 1 aliphatic heterocycles. The lowest BCUT2D eigenvalue weighted by molar-refractivity contribution is -0.128. The molecule has 2 rings (SSSR count). The van der Waals surface area contributed by atoms with Gasteiger partial charge in [-0.15, -0.1) is 0 Å². The van der Waals surface area contributed by atoms with Crippen molar-refractivity contribution in [3.05, 3.63) is 0 Å². The summed E-state index contributed by atoms with van der Waals surface area (Å²) in [4.78, 5) is 12.1. The number of ether oxygens (including phenoxy) is 1. The molecule has 0 aromatic rings. The molecule has 1 heterocycles. The van der Waals surface area contributed by atoms with E-state index in [1.54, 1.807) is 0 Å². The summed E-state index contributed by atoms with van der Waals surface area (Å²) in [5.74, 6) is 0.405. The van der Waals surface area contributed by atoms with Crippen molar-refractivity contribution < 1.29 is 9.53 Å². The first-order valence-corrected chi connectivity index (χ1v) is 7.69. The van der Waals surface area contributed by atoms with Crippen molar-refractivity contribution in [2.45, 2.75) is 52.1 Å². The number of rotatable bonds is 5. The Balaban J connectivity index is 1.61. The molecule has 1 saturated carbocycles. The molecule has 1 unspecified atom stereocenters. The molecule has 2 N–H and O–H groups in total. The number of amides is 1. The van der Waals surface area contributed by atoms with Gasteiger partial charge in [-0.3, -0.25) is 4.79 Å². The summed E-state index contributed by atoms with van der Waals surface area (Å²) < 4.78 is 5.79.